The molecule has 2 unspecified atom stereocenters. The van der Waals surface area contributed by atoms with Crippen LogP contribution in [0.2, 0.25) is 0 Å². The van der Waals surface area contributed by atoms with E-state index in [1.807, 2.05) is 0 Å². The van der Waals surface area contributed by atoms with Crippen molar-refractivity contribution >= 4 is 5.97 Å². The van der Waals surface area contributed by atoms with Gasteiger partial charge in [-0.25, -0.2) is 9.89 Å². The standard InChI is InChI=1S/C7H9N3O4/c11-6(12)4-1-14-2-5(4)10-3-8-9-7(10)13/h3-5H,1-2H2,(H,9,13)(H,11,12). The molecule has 1 aromatic rings. The van der Waals surface area contributed by atoms with Crippen LogP contribution in [0.25, 0.3) is 0 Å². The summed E-state index contributed by atoms with van der Waals surface area (Å²) in [4.78, 5) is 22.0. The zero-order chi connectivity index (χ0) is 10.1. The van der Waals surface area contributed by atoms with Crippen LogP contribution in [0.3, 0.4) is 0 Å². The van der Waals surface area contributed by atoms with Gasteiger partial charge in [-0.1, -0.05) is 0 Å². The van der Waals surface area contributed by atoms with Crippen molar-refractivity contribution in [2.24, 2.45) is 5.92 Å². The highest BCUT2D eigenvalue weighted by Gasteiger charge is 2.36. The minimum Gasteiger partial charge on any atom is -0.481 e. The second-order valence-electron chi connectivity index (χ2n) is 3.12. The molecule has 2 heterocycles. The third-order valence-corrected chi connectivity index (χ3v) is 2.30. The van der Waals surface area contributed by atoms with E-state index in [4.69, 9.17) is 9.84 Å². The molecule has 1 aliphatic rings. The van der Waals surface area contributed by atoms with Crippen LogP contribution in [0, 0.1) is 5.92 Å². The van der Waals surface area contributed by atoms with Crippen molar-refractivity contribution in [2.45, 2.75) is 6.04 Å². The largest absolute Gasteiger partial charge is 0.481 e. The van der Waals surface area contributed by atoms with Crippen molar-refractivity contribution in [1.82, 2.24) is 14.8 Å². The molecule has 14 heavy (non-hydrogen) atoms. The van der Waals surface area contributed by atoms with Gasteiger partial charge >= 0.3 is 11.7 Å². The van der Waals surface area contributed by atoms with Crippen LogP contribution in [0.5, 0.6) is 0 Å². The maximum absolute atomic E-state index is 11.2. The minimum atomic E-state index is -0.958. The first kappa shape index (κ1) is 8.95. The van der Waals surface area contributed by atoms with Crippen molar-refractivity contribution in [3.05, 3.63) is 16.8 Å². The number of H-pyrrole nitrogens is 1. The summed E-state index contributed by atoms with van der Waals surface area (Å²) < 4.78 is 6.28. The Morgan fingerprint density at radius 3 is 3.07 bits per heavy atom. The van der Waals surface area contributed by atoms with Gasteiger partial charge in [0, 0.05) is 0 Å². The van der Waals surface area contributed by atoms with Crippen LogP contribution in [0.15, 0.2) is 11.1 Å². The predicted molar refractivity (Wildman–Crippen MR) is 43.8 cm³/mol. The van der Waals surface area contributed by atoms with Crippen LogP contribution in [0.4, 0.5) is 0 Å². The molecular formula is C7H9N3O4. The first-order valence-electron chi connectivity index (χ1n) is 4.12. The Bertz CT molecular complexity index is 396. The lowest BCUT2D eigenvalue weighted by molar-refractivity contribution is -0.142. The molecule has 76 valence electrons. The molecule has 0 spiro atoms. The van der Waals surface area contributed by atoms with Gasteiger partial charge in [0.05, 0.1) is 19.3 Å². The summed E-state index contributed by atoms with van der Waals surface area (Å²) >= 11 is 0. The molecule has 0 saturated carbocycles. The number of aliphatic carboxylic acids is 1. The molecule has 1 fully saturated rings. The molecule has 2 rings (SSSR count). The fourth-order valence-corrected chi connectivity index (χ4v) is 1.55. The molecule has 2 N–H and O–H groups in total. The summed E-state index contributed by atoms with van der Waals surface area (Å²) in [5.74, 6) is -1.63. The Balaban J connectivity index is 2.30. The number of nitrogens with one attached hydrogen (secondary N) is 1. The zero-order valence-electron chi connectivity index (χ0n) is 7.21. The summed E-state index contributed by atoms with van der Waals surface area (Å²) in [6.07, 6.45) is 1.29. The van der Waals surface area contributed by atoms with Gasteiger partial charge < -0.3 is 9.84 Å². The average Bonchev–Trinajstić information content (AvgIpc) is 2.70. The van der Waals surface area contributed by atoms with Gasteiger partial charge in [0.25, 0.3) is 0 Å². The molecule has 0 radical (unpaired) electrons. The highest BCUT2D eigenvalue weighted by molar-refractivity contribution is 5.71. The Morgan fingerprint density at radius 2 is 2.50 bits per heavy atom. The number of aromatic nitrogens is 3. The third-order valence-electron chi connectivity index (χ3n) is 2.30. The van der Waals surface area contributed by atoms with Gasteiger partial charge in [0.1, 0.15) is 12.2 Å². The monoisotopic (exact) mass is 199 g/mol. The fraction of sp³-hybridized carbons (Fsp3) is 0.571. The summed E-state index contributed by atoms with van der Waals surface area (Å²) in [6.45, 7) is 0.369. The molecular weight excluding hydrogens is 190 g/mol. The SMILES string of the molecule is O=C(O)C1COCC1n1cn[nH]c1=O. The molecule has 1 aliphatic heterocycles. The number of aromatic amines is 1. The Kier molecular flexibility index (Phi) is 2.08. The molecule has 0 amide bonds. The lowest BCUT2D eigenvalue weighted by atomic mass is 10.0. The molecule has 2 atom stereocenters. The molecule has 1 aromatic heterocycles. The zero-order valence-corrected chi connectivity index (χ0v) is 7.21. The van der Waals surface area contributed by atoms with Crippen molar-refractivity contribution in [2.75, 3.05) is 13.2 Å². The van der Waals surface area contributed by atoms with Crippen LogP contribution in [-0.4, -0.2) is 39.1 Å². The van der Waals surface area contributed by atoms with Crippen LogP contribution >= 0.6 is 0 Å². The minimum absolute atomic E-state index is 0.137. The summed E-state index contributed by atoms with van der Waals surface area (Å²) in [7, 11) is 0. The summed E-state index contributed by atoms with van der Waals surface area (Å²) in [6, 6.07) is -0.459. The number of hydrogen-bond acceptors (Lipinski definition) is 4. The maximum atomic E-state index is 11.2. The summed E-state index contributed by atoms with van der Waals surface area (Å²) in [5, 5.41) is 14.6. The number of carboxylic acid groups (broad SMARTS) is 1. The van der Waals surface area contributed by atoms with E-state index in [0.717, 1.165) is 0 Å². The molecule has 7 nitrogen and oxygen atoms in total. The van der Waals surface area contributed by atoms with Gasteiger partial charge in [-0.3, -0.25) is 9.36 Å². The highest BCUT2D eigenvalue weighted by atomic mass is 16.5. The van der Waals surface area contributed by atoms with Gasteiger partial charge in [0.2, 0.25) is 0 Å². The van der Waals surface area contributed by atoms with Gasteiger partial charge in [0.15, 0.2) is 0 Å². The van der Waals surface area contributed by atoms with Crippen molar-refractivity contribution in [1.29, 1.82) is 0 Å². The van der Waals surface area contributed by atoms with E-state index in [0.29, 0.717) is 0 Å². The first-order valence-corrected chi connectivity index (χ1v) is 4.12. The van der Waals surface area contributed by atoms with E-state index in [9.17, 15) is 9.59 Å². The predicted octanol–water partition coefficient (Wildman–Crippen LogP) is -1.16. The van der Waals surface area contributed by atoms with Crippen LogP contribution < -0.4 is 5.69 Å². The second-order valence-corrected chi connectivity index (χ2v) is 3.12. The van der Waals surface area contributed by atoms with Gasteiger partial charge in [-0.2, -0.15) is 5.10 Å². The Hall–Kier alpha value is -1.63. The molecule has 1 saturated heterocycles. The Morgan fingerprint density at radius 1 is 1.71 bits per heavy atom. The third kappa shape index (κ3) is 1.31. The Labute approximate surface area is 78.3 Å². The molecule has 0 bridgehead atoms. The molecule has 0 aromatic carbocycles. The first-order chi connectivity index (χ1) is 6.70. The number of carbonyl (C=O) groups is 1. The van der Waals surface area contributed by atoms with E-state index in [2.05, 4.69) is 10.2 Å². The maximum Gasteiger partial charge on any atom is 0.343 e. The summed E-state index contributed by atoms with van der Waals surface area (Å²) in [5.41, 5.74) is -0.410. The van der Waals surface area contributed by atoms with Gasteiger partial charge in [-0.05, 0) is 0 Å². The van der Waals surface area contributed by atoms with Crippen LogP contribution in [0.1, 0.15) is 6.04 Å². The van der Waals surface area contributed by atoms with Gasteiger partial charge in [-0.15, -0.1) is 0 Å². The number of rotatable bonds is 2. The molecule has 0 aliphatic carbocycles. The van der Waals surface area contributed by atoms with E-state index >= 15 is 0 Å². The molecule has 7 heteroatoms. The topological polar surface area (TPSA) is 97.2 Å². The van der Waals surface area contributed by atoms with E-state index in [-0.39, 0.29) is 13.2 Å². The second kappa shape index (κ2) is 3.26. The van der Waals surface area contributed by atoms with Crippen molar-refractivity contribution in [3.8, 4) is 0 Å². The van der Waals surface area contributed by atoms with E-state index in [1.165, 1.54) is 10.9 Å². The smallest absolute Gasteiger partial charge is 0.343 e. The van der Waals surface area contributed by atoms with E-state index in [1.54, 1.807) is 0 Å². The average molecular weight is 199 g/mol. The van der Waals surface area contributed by atoms with Crippen molar-refractivity contribution < 1.29 is 14.6 Å². The quantitative estimate of drug-likeness (QED) is 0.626. The van der Waals surface area contributed by atoms with Crippen molar-refractivity contribution in [3.63, 3.8) is 0 Å². The normalized spacial score (nSPS) is 26.6. The lowest BCUT2D eigenvalue weighted by Crippen LogP contribution is -2.30. The fourth-order valence-electron chi connectivity index (χ4n) is 1.55. The number of nitrogens with zero attached hydrogens (tertiary/aromatic N) is 2. The van der Waals surface area contributed by atoms with Crippen LogP contribution in [-0.2, 0) is 9.53 Å². The lowest BCUT2D eigenvalue weighted by Gasteiger charge is -2.12. The number of hydrogen-bond donors (Lipinski definition) is 2. The van der Waals surface area contributed by atoms with E-state index < -0.39 is 23.6 Å². The number of carboxylic acids is 1. The number of ether oxygens (including phenoxy) is 1. The highest BCUT2D eigenvalue weighted by Crippen LogP contribution is 2.24.